The zero-order chi connectivity index (χ0) is 14.4. The smallest absolute Gasteiger partial charge is 0.127 e. The van der Waals surface area contributed by atoms with Gasteiger partial charge in [0.05, 0.1) is 13.7 Å². The molecule has 0 saturated heterocycles. The lowest BCUT2D eigenvalue weighted by Gasteiger charge is -2.13. The van der Waals surface area contributed by atoms with Crippen LogP contribution in [0.15, 0.2) is 42.5 Å². The van der Waals surface area contributed by atoms with Crippen molar-refractivity contribution >= 4 is 0 Å². The SMILES string of the molecule is CCOc1ccccc1-c1ccc(OC)c(CNC)c1. The average Bonchev–Trinajstić information content (AvgIpc) is 2.48. The third-order valence-electron chi connectivity index (χ3n) is 3.15. The molecule has 0 saturated carbocycles. The standard InChI is InChI=1S/C17H21NO2/c1-4-20-17-8-6-5-7-15(17)13-9-10-16(19-3)14(11-13)12-18-2/h5-11,18H,4,12H2,1-3H3. The van der Waals surface area contributed by atoms with Crippen molar-refractivity contribution in [2.24, 2.45) is 0 Å². The molecule has 3 nitrogen and oxygen atoms in total. The molecule has 2 aromatic carbocycles. The summed E-state index contributed by atoms with van der Waals surface area (Å²) in [5, 5.41) is 3.17. The number of rotatable bonds is 6. The molecule has 0 aliphatic carbocycles. The van der Waals surface area contributed by atoms with E-state index in [4.69, 9.17) is 9.47 Å². The van der Waals surface area contributed by atoms with Crippen molar-refractivity contribution in [2.75, 3.05) is 20.8 Å². The number of hydrogen-bond acceptors (Lipinski definition) is 3. The highest BCUT2D eigenvalue weighted by Gasteiger charge is 2.09. The van der Waals surface area contributed by atoms with Crippen LogP contribution in [-0.4, -0.2) is 20.8 Å². The Bertz CT molecular complexity index is 567. The van der Waals surface area contributed by atoms with Crippen LogP contribution < -0.4 is 14.8 Å². The van der Waals surface area contributed by atoms with Gasteiger partial charge in [-0.3, -0.25) is 0 Å². The van der Waals surface area contributed by atoms with Gasteiger partial charge in [-0.15, -0.1) is 0 Å². The Balaban J connectivity index is 2.44. The van der Waals surface area contributed by atoms with Crippen molar-refractivity contribution in [1.82, 2.24) is 5.32 Å². The van der Waals surface area contributed by atoms with Gasteiger partial charge in [-0.1, -0.05) is 24.3 Å². The van der Waals surface area contributed by atoms with Crippen LogP contribution >= 0.6 is 0 Å². The first kappa shape index (κ1) is 14.4. The Hall–Kier alpha value is -2.00. The molecule has 0 heterocycles. The fourth-order valence-corrected chi connectivity index (χ4v) is 2.26. The van der Waals surface area contributed by atoms with E-state index in [9.17, 15) is 0 Å². The van der Waals surface area contributed by atoms with Crippen LogP contribution in [0, 0.1) is 0 Å². The summed E-state index contributed by atoms with van der Waals surface area (Å²) in [6, 6.07) is 14.3. The van der Waals surface area contributed by atoms with Crippen LogP contribution in [0.5, 0.6) is 11.5 Å². The molecule has 2 rings (SSSR count). The van der Waals surface area contributed by atoms with E-state index < -0.39 is 0 Å². The number of ether oxygens (including phenoxy) is 2. The summed E-state index contributed by atoms with van der Waals surface area (Å²) in [6.45, 7) is 3.43. The summed E-state index contributed by atoms with van der Waals surface area (Å²) in [5.41, 5.74) is 3.38. The molecule has 0 spiro atoms. The lowest BCUT2D eigenvalue weighted by molar-refractivity contribution is 0.341. The molecule has 20 heavy (non-hydrogen) atoms. The summed E-state index contributed by atoms with van der Waals surface area (Å²) in [7, 11) is 3.63. The summed E-state index contributed by atoms with van der Waals surface area (Å²) in [5.74, 6) is 1.81. The molecular formula is C17H21NO2. The Labute approximate surface area is 120 Å². The van der Waals surface area contributed by atoms with Crippen LogP contribution in [0.25, 0.3) is 11.1 Å². The highest BCUT2D eigenvalue weighted by Crippen LogP contribution is 2.32. The van der Waals surface area contributed by atoms with Crippen LogP contribution in [-0.2, 0) is 6.54 Å². The lowest BCUT2D eigenvalue weighted by Crippen LogP contribution is -2.06. The number of hydrogen-bond donors (Lipinski definition) is 1. The Morgan fingerprint density at radius 1 is 1.05 bits per heavy atom. The first-order chi connectivity index (χ1) is 9.80. The summed E-state index contributed by atoms with van der Waals surface area (Å²) in [4.78, 5) is 0. The van der Waals surface area contributed by atoms with Crippen LogP contribution in [0.1, 0.15) is 12.5 Å². The highest BCUT2D eigenvalue weighted by molar-refractivity contribution is 5.71. The molecular weight excluding hydrogens is 250 g/mol. The van der Waals surface area contributed by atoms with Crippen LogP contribution in [0.3, 0.4) is 0 Å². The fourth-order valence-electron chi connectivity index (χ4n) is 2.26. The van der Waals surface area contributed by atoms with Gasteiger partial charge in [0.1, 0.15) is 11.5 Å². The Morgan fingerprint density at radius 3 is 2.55 bits per heavy atom. The molecule has 1 N–H and O–H groups in total. The maximum Gasteiger partial charge on any atom is 0.127 e. The zero-order valence-corrected chi connectivity index (χ0v) is 12.3. The molecule has 0 unspecified atom stereocenters. The third kappa shape index (κ3) is 3.11. The molecule has 3 heteroatoms. The van der Waals surface area contributed by atoms with E-state index in [1.54, 1.807) is 7.11 Å². The molecule has 0 fully saturated rings. The number of benzene rings is 2. The van der Waals surface area contributed by atoms with Crippen LogP contribution in [0.4, 0.5) is 0 Å². The van der Waals surface area contributed by atoms with E-state index in [2.05, 4.69) is 23.5 Å². The number of methoxy groups -OCH3 is 1. The monoisotopic (exact) mass is 271 g/mol. The number of para-hydroxylation sites is 1. The van der Waals surface area contributed by atoms with Gasteiger partial charge in [0, 0.05) is 17.7 Å². The largest absolute Gasteiger partial charge is 0.496 e. The first-order valence-corrected chi connectivity index (χ1v) is 6.83. The minimum absolute atomic E-state index is 0.663. The zero-order valence-electron chi connectivity index (χ0n) is 12.3. The second kappa shape index (κ2) is 6.96. The topological polar surface area (TPSA) is 30.5 Å². The quantitative estimate of drug-likeness (QED) is 0.872. The van der Waals surface area contributed by atoms with Crippen LogP contribution in [0.2, 0.25) is 0 Å². The number of nitrogens with one attached hydrogen (secondary N) is 1. The van der Waals surface area contributed by atoms with Gasteiger partial charge in [-0.05, 0) is 37.7 Å². The highest BCUT2D eigenvalue weighted by atomic mass is 16.5. The second-order valence-electron chi connectivity index (χ2n) is 4.49. The molecule has 0 amide bonds. The van der Waals surface area contributed by atoms with E-state index in [1.807, 2.05) is 38.2 Å². The van der Waals surface area contributed by atoms with Gasteiger partial charge in [0.15, 0.2) is 0 Å². The second-order valence-corrected chi connectivity index (χ2v) is 4.49. The van der Waals surface area contributed by atoms with Crippen molar-refractivity contribution in [1.29, 1.82) is 0 Å². The molecule has 0 atom stereocenters. The van der Waals surface area contributed by atoms with E-state index in [-0.39, 0.29) is 0 Å². The van der Waals surface area contributed by atoms with Gasteiger partial charge >= 0.3 is 0 Å². The van der Waals surface area contributed by atoms with Gasteiger partial charge in [0.2, 0.25) is 0 Å². The predicted molar refractivity (Wildman–Crippen MR) is 82.4 cm³/mol. The van der Waals surface area contributed by atoms with Crippen molar-refractivity contribution in [2.45, 2.75) is 13.5 Å². The molecule has 0 aromatic heterocycles. The third-order valence-corrected chi connectivity index (χ3v) is 3.15. The minimum Gasteiger partial charge on any atom is -0.496 e. The van der Waals surface area contributed by atoms with Gasteiger partial charge in [-0.2, -0.15) is 0 Å². The average molecular weight is 271 g/mol. The minimum atomic E-state index is 0.663. The molecule has 2 aromatic rings. The summed E-state index contributed by atoms with van der Waals surface area (Å²) < 4.78 is 11.1. The van der Waals surface area contributed by atoms with Gasteiger partial charge in [-0.25, -0.2) is 0 Å². The molecule has 0 bridgehead atoms. The van der Waals surface area contributed by atoms with Gasteiger partial charge in [0.25, 0.3) is 0 Å². The van der Waals surface area contributed by atoms with E-state index >= 15 is 0 Å². The normalized spacial score (nSPS) is 10.3. The van der Waals surface area contributed by atoms with E-state index in [0.29, 0.717) is 6.61 Å². The molecule has 0 aliphatic rings. The predicted octanol–water partition coefficient (Wildman–Crippen LogP) is 3.48. The Kier molecular flexibility index (Phi) is 5.02. The summed E-state index contributed by atoms with van der Waals surface area (Å²) in [6.07, 6.45) is 0. The maximum absolute atomic E-state index is 5.70. The van der Waals surface area contributed by atoms with E-state index in [1.165, 1.54) is 0 Å². The first-order valence-electron chi connectivity index (χ1n) is 6.83. The fraction of sp³-hybridized carbons (Fsp3) is 0.294. The van der Waals surface area contributed by atoms with Crippen molar-refractivity contribution in [3.63, 3.8) is 0 Å². The van der Waals surface area contributed by atoms with E-state index in [0.717, 1.165) is 34.7 Å². The molecule has 0 aliphatic heterocycles. The van der Waals surface area contributed by atoms with Crippen molar-refractivity contribution in [3.05, 3.63) is 48.0 Å². The molecule has 106 valence electrons. The lowest BCUT2D eigenvalue weighted by atomic mass is 10.0. The van der Waals surface area contributed by atoms with Crippen molar-refractivity contribution in [3.8, 4) is 22.6 Å². The van der Waals surface area contributed by atoms with Gasteiger partial charge < -0.3 is 14.8 Å². The Morgan fingerprint density at radius 2 is 1.85 bits per heavy atom. The summed E-state index contributed by atoms with van der Waals surface area (Å²) >= 11 is 0. The molecule has 0 radical (unpaired) electrons. The van der Waals surface area contributed by atoms with Crippen molar-refractivity contribution < 1.29 is 9.47 Å². The maximum atomic E-state index is 5.70.